The molecule has 2 aliphatic rings. The lowest BCUT2D eigenvalue weighted by Crippen LogP contribution is -2.48. The Kier molecular flexibility index (Phi) is 1.26. The van der Waals surface area contributed by atoms with E-state index in [2.05, 4.69) is 6.92 Å². The molecule has 0 N–H and O–H groups in total. The predicted octanol–water partition coefficient (Wildman–Crippen LogP) is 1.96. The predicted molar refractivity (Wildman–Crippen MR) is 36.3 cm³/mol. The lowest BCUT2D eigenvalue weighted by atomic mass is 9.79. The Morgan fingerprint density at radius 1 is 1.22 bits per heavy atom. The summed E-state index contributed by atoms with van der Waals surface area (Å²) in [4.78, 5) is 0. The molecule has 1 aliphatic heterocycles. The highest BCUT2D eigenvalue weighted by Gasteiger charge is 2.40. The fraction of sp³-hybridized carbons (Fsp3) is 1.00. The van der Waals surface area contributed by atoms with Crippen LogP contribution < -0.4 is 0 Å². The molecule has 52 valence electrons. The summed E-state index contributed by atoms with van der Waals surface area (Å²) in [6.07, 6.45) is 6.83. The van der Waals surface area contributed by atoms with Crippen molar-refractivity contribution in [3.63, 3.8) is 0 Å². The minimum absolute atomic E-state index is 0.579. The van der Waals surface area contributed by atoms with E-state index >= 15 is 0 Å². The van der Waals surface area contributed by atoms with Gasteiger partial charge in [0.1, 0.15) is 0 Å². The third-order valence-electron chi connectivity index (χ3n) is 2.75. The molecule has 1 heterocycles. The van der Waals surface area contributed by atoms with Gasteiger partial charge < -0.3 is 4.74 Å². The summed E-state index contributed by atoms with van der Waals surface area (Å²) in [5, 5.41) is 0. The first-order valence-corrected chi connectivity index (χ1v) is 4.03. The van der Waals surface area contributed by atoms with Gasteiger partial charge in [0.2, 0.25) is 0 Å². The molecule has 0 aromatic carbocycles. The molecular formula is C8H14O. The van der Waals surface area contributed by atoms with Crippen LogP contribution in [0.3, 0.4) is 0 Å². The summed E-state index contributed by atoms with van der Waals surface area (Å²) >= 11 is 0. The molecule has 3 atom stereocenters. The largest absolute Gasteiger partial charge is 0.374 e. The molecule has 9 heavy (non-hydrogen) atoms. The Bertz CT molecular complexity index is 109. The minimum atomic E-state index is 0.579. The van der Waals surface area contributed by atoms with Crippen LogP contribution in [0.4, 0.5) is 0 Å². The van der Waals surface area contributed by atoms with Gasteiger partial charge in [-0.15, -0.1) is 0 Å². The van der Waals surface area contributed by atoms with Crippen molar-refractivity contribution in [2.24, 2.45) is 5.92 Å². The van der Waals surface area contributed by atoms with E-state index in [1.54, 1.807) is 0 Å². The molecular weight excluding hydrogens is 112 g/mol. The smallest absolute Gasteiger partial charge is 0.0631 e. The zero-order chi connectivity index (χ0) is 6.27. The van der Waals surface area contributed by atoms with E-state index < -0.39 is 0 Å². The topological polar surface area (TPSA) is 9.23 Å². The highest BCUT2D eigenvalue weighted by atomic mass is 16.5. The number of rotatable bonds is 0. The van der Waals surface area contributed by atoms with E-state index in [0.29, 0.717) is 12.2 Å². The van der Waals surface area contributed by atoms with Crippen LogP contribution >= 0.6 is 0 Å². The van der Waals surface area contributed by atoms with Crippen LogP contribution in [0.5, 0.6) is 0 Å². The Morgan fingerprint density at radius 2 is 2.00 bits per heavy atom. The SMILES string of the molecule is CC1OC2CCCCC12. The minimum Gasteiger partial charge on any atom is -0.374 e. The van der Waals surface area contributed by atoms with E-state index in [-0.39, 0.29) is 0 Å². The van der Waals surface area contributed by atoms with Crippen molar-refractivity contribution in [1.29, 1.82) is 0 Å². The van der Waals surface area contributed by atoms with Crippen LogP contribution in [0, 0.1) is 5.92 Å². The van der Waals surface area contributed by atoms with E-state index in [4.69, 9.17) is 4.74 Å². The van der Waals surface area contributed by atoms with Gasteiger partial charge in [-0.1, -0.05) is 12.8 Å². The summed E-state index contributed by atoms with van der Waals surface area (Å²) in [6, 6.07) is 0. The Morgan fingerprint density at radius 3 is 2.56 bits per heavy atom. The van der Waals surface area contributed by atoms with Crippen molar-refractivity contribution in [2.45, 2.75) is 44.8 Å². The van der Waals surface area contributed by atoms with Crippen molar-refractivity contribution < 1.29 is 4.74 Å². The van der Waals surface area contributed by atoms with E-state index in [9.17, 15) is 0 Å². The van der Waals surface area contributed by atoms with Crippen molar-refractivity contribution >= 4 is 0 Å². The van der Waals surface area contributed by atoms with Crippen molar-refractivity contribution in [2.75, 3.05) is 0 Å². The first-order valence-electron chi connectivity index (χ1n) is 4.03. The van der Waals surface area contributed by atoms with Gasteiger partial charge in [-0.05, 0) is 19.8 Å². The van der Waals surface area contributed by atoms with Gasteiger partial charge in [0, 0.05) is 5.92 Å². The number of ether oxygens (including phenoxy) is 1. The van der Waals surface area contributed by atoms with Crippen molar-refractivity contribution in [3.8, 4) is 0 Å². The fourth-order valence-corrected chi connectivity index (χ4v) is 2.12. The monoisotopic (exact) mass is 126 g/mol. The molecule has 1 saturated heterocycles. The standard InChI is InChI=1S/C8H14O/c1-6-7-4-2-3-5-8(7)9-6/h6-8H,2-5H2,1H3. The van der Waals surface area contributed by atoms with Gasteiger partial charge in [0.05, 0.1) is 12.2 Å². The van der Waals surface area contributed by atoms with Crippen LogP contribution in [-0.2, 0) is 4.74 Å². The fourth-order valence-electron chi connectivity index (χ4n) is 2.12. The van der Waals surface area contributed by atoms with E-state index in [1.165, 1.54) is 25.7 Å². The van der Waals surface area contributed by atoms with Crippen molar-refractivity contribution in [1.82, 2.24) is 0 Å². The summed E-state index contributed by atoms with van der Waals surface area (Å²) < 4.78 is 5.54. The molecule has 0 spiro atoms. The summed E-state index contributed by atoms with van der Waals surface area (Å²) in [7, 11) is 0. The quantitative estimate of drug-likeness (QED) is 0.482. The molecule has 0 bridgehead atoms. The van der Waals surface area contributed by atoms with Crippen LogP contribution in [-0.4, -0.2) is 12.2 Å². The van der Waals surface area contributed by atoms with Gasteiger partial charge >= 0.3 is 0 Å². The third-order valence-corrected chi connectivity index (χ3v) is 2.75. The molecule has 0 radical (unpaired) electrons. The maximum Gasteiger partial charge on any atom is 0.0631 e. The first kappa shape index (κ1) is 5.72. The zero-order valence-electron chi connectivity index (χ0n) is 5.97. The lowest BCUT2D eigenvalue weighted by molar-refractivity contribution is -0.190. The normalized spacial score (nSPS) is 49.7. The van der Waals surface area contributed by atoms with E-state index in [0.717, 1.165) is 5.92 Å². The second-order valence-corrected chi connectivity index (χ2v) is 3.33. The van der Waals surface area contributed by atoms with Crippen LogP contribution in [0.15, 0.2) is 0 Å². The molecule has 1 heteroatoms. The maximum atomic E-state index is 5.54. The second kappa shape index (κ2) is 1.98. The van der Waals surface area contributed by atoms with Gasteiger partial charge in [0.25, 0.3) is 0 Å². The highest BCUT2D eigenvalue weighted by Crippen LogP contribution is 2.39. The molecule has 3 unspecified atom stereocenters. The van der Waals surface area contributed by atoms with Gasteiger partial charge in [-0.25, -0.2) is 0 Å². The van der Waals surface area contributed by atoms with Crippen molar-refractivity contribution in [3.05, 3.63) is 0 Å². The molecule has 2 rings (SSSR count). The summed E-state index contributed by atoms with van der Waals surface area (Å²) in [5.74, 6) is 0.929. The molecule has 0 aromatic heterocycles. The molecule has 0 aromatic rings. The second-order valence-electron chi connectivity index (χ2n) is 3.33. The average molecular weight is 126 g/mol. The van der Waals surface area contributed by atoms with E-state index in [1.807, 2.05) is 0 Å². The Hall–Kier alpha value is -0.0400. The first-order chi connectivity index (χ1) is 4.38. The average Bonchev–Trinajstić information content (AvgIpc) is 1.86. The molecule has 2 fully saturated rings. The summed E-state index contributed by atoms with van der Waals surface area (Å²) in [6.45, 7) is 2.20. The van der Waals surface area contributed by atoms with Crippen LogP contribution in [0.2, 0.25) is 0 Å². The Labute approximate surface area is 56.4 Å². The van der Waals surface area contributed by atoms with Gasteiger partial charge in [-0.2, -0.15) is 0 Å². The number of hydrogen-bond acceptors (Lipinski definition) is 1. The highest BCUT2D eigenvalue weighted by molar-refractivity contribution is 4.88. The maximum absolute atomic E-state index is 5.54. The Balaban J connectivity index is 1.94. The summed E-state index contributed by atoms with van der Waals surface area (Å²) in [5.41, 5.74) is 0. The number of fused-ring (bicyclic) bond motifs is 1. The number of hydrogen-bond donors (Lipinski definition) is 0. The molecule has 1 aliphatic carbocycles. The lowest BCUT2D eigenvalue weighted by Gasteiger charge is -2.46. The molecule has 0 amide bonds. The zero-order valence-corrected chi connectivity index (χ0v) is 5.97. The molecule has 1 nitrogen and oxygen atoms in total. The van der Waals surface area contributed by atoms with Gasteiger partial charge in [0.15, 0.2) is 0 Å². The molecule has 1 saturated carbocycles. The van der Waals surface area contributed by atoms with Crippen LogP contribution in [0.1, 0.15) is 32.6 Å². The van der Waals surface area contributed by atoms with Crippen LogP contribution in [0.25, 0.3) is 0 Å². The van der Waals surface area contributed by atoms with Gasteiger partial charge in [-0.3, -0.25) is 0 Å². The third kappa shape index (κ3) is 0.787.